The topological polar surface area (TPSA) is 57.5 Å². The molecule has 5 heteroatoms. The van der Waals surface area contributed by atoms with Crippen LogP contribution in [-0.2, 0) is 8.87 Å². The molecule has 3 unspecified atom stereocenters. The van der Waals surface area contributed by atoms with Gasteiger partial charge < -0.3 is 10.2 Å². The standard InChI is InChI=1S/C24H34O3S2/c1-4-5-6-7-8-24(28-9-10-29-24)16-12-19(25)21(20(26)13-16)17-11-15(2)23(3)14-18(17)22(23)27/h12-13,15,17-18,25-26H,4-11,14H2,1-3H3/t15?,17-,18?,23?/m1/s1. The van der Waals surface area contributed by atoms with E-state index in [1.54, 1.807) is 0 Å². The summed E-state index contributed by atoms with van der Waals surface area (Å²) in [7, 11) is 0. The highest BCUT2D eigenvalue weighted by atomic mass is 32.2. The molecule has 3 aliphatic carbocycles. The van der Waals surface area contributed by atoms with Gasteiger partial charge in [-0.1, -0.05) is 46.5 Å². The average molecular weight is 435 g/mol. The molecule has 4 fully saturated rings. The second-order valence-corrected chi connectivity index (χ2v) is 12.6. The van der Waals surface area contributed by atoms with Crippen LogP contribution in [0.15, 0.2) is 12.1 Å². The summed E-state index contributed by atoms with van der Waals surface area (Å²) in [5.41, 5.74) is 1.45. The molecule has 4 atom stereocenters. The first-order chi connectivity index (χ1) is 13.8. The van der Waals surface area contributed by atoms with Crippen LogP contribution in [0.4, 0.5) is 0 Å². The van der Waals surface area contributed by atoms with Gasteiger partial charge in [-0.25, -0.2) is 0 Å². The predicted molar refractivity (Wildman–Crippen MR) is 123 cm³/mol. The minimum absolute atomic E-state index is 0.0444. The molecule has 0 spiro atoms. The summed E-state index contributed by atoms with van der Waals surface area (Å²) in [4.78, 5) is 12.7. The van der Waals surface area contributed by atoms with Crippen LogP contribution in [0.3, 0.4) is 0 Å². The van der Waals surface area contributed by atoms with Crippen molar-refractivity contribution in [3.8, 4) is 11.5 Å². The van der Waals surface area contributed by atoms with Crippen molar-refractivity contribution in [2.75, 3.05) is 11.5 Å². The van der Waals surface area contributed by atoms with Gasteiger partial charge in [-0.2, -0.15) is 0 Å². The third kappa shape index (κ3) is 3.50. The smallest absolute Gasteiger partial charge is 0.142 e. The zero-order valence-electron chi connectivity index (χ0n) is 17.9. The fourth-order valence-corrected chi connectivity index (χ4v) is 9.06. The first kappa shape index (κ1) is 21.4. The number of fused-ring (bicyclic) bond motifs is 2. The Bertz CT molecular complexity index is 763. The van der Waals surface area contributed by atoms with Gasteiger partial charge in [-0.05, 0) is 42.9 Å². The van der Waals surface area contributed by atoms with Crippen molar-refractivity contribution in [3.05, 3.63) is 23.3 Å². The van der Waals surface area contributed by atoms with Crippen molar-refractivity contribution >= 4 is 29.3 Å². The Morgan fingerprint density at radius 3 is 2.28 bits per heavy atom. The molecule has 1 saturated heterocycles. The number of unbranched alkanes of at least 4 members (excludes halogenated alkanes) is 3. The summed E-state index contributed by atoms with van der Waals surface area (Å²) in [5, 5.41) is 22.0. The van der Waals surface area contributed by atoms with E-state index in [2.05, 4.69) is 20.8 Å². The average Bonchev–Trinajstić information content (AvgIpc) is 3.16. The summed E-state index contributed by atoms with van der Waals surface area (Å²) >= 11 is 3.91. The number of phenolic OH excluding ortho intramolecular Hbond substituents is 2. The van der Waals surface area contributed by atoms with E-state index in [9.17, 15) is 15.0 Å². The summed E-state index contributed by atoms with van der Waals surface area (Å²) in [6.07, 6.45) is 7.70. The van der Waals surface area contributed by atoms with Crippen LogP contribution in [0.5, 0.6) is 11.5 Å². The molecule has 0 amide bonds. The maximum Gasteiger partial charge on any atom is 0.142 e. The van der Waals surface area contributed by atoms with Crippen molar-refractivity contribution in [1.29, 1.82) is 0 Å². The molecular weight excluding hydrogens is 400 g/mol. The summed E-state index contributed by atoms with van der Waals surface area (Å²) in [6, 6.07) is 3.78. The number of hydrogen-bond acceptors (Lipinski definition) is 5. The fourth-order valence-electron chi connectivity index (χ4n) is 5.75. The molecular formula is C24H34O3S2. The second kappa shape index (κ2) is 8.03. The van der Waals surface area contributed by atoms with Gasteiger partial charge in [-0.15, -0.1) is 23.5 Å². The Balaban J connectivity index is 1.61. The first-order valence-electron chi connectivity index (χ1n) is 11.2. The Labute approximate surface area is 183 Å². The predicted octanol–water partition coefficient (Wildman–Crippen LogP) is 6.42. The number of carbonyl (C=O) groups excluding carboxylic acids is 1. The van der Waals surface area contributed by atoms with E-state index in [4.69, 9.17) is 0 Å². The number of ketones is 1. The normalized spacial score (nSPS) is 32.9. The van der Waals surface area contributed by atoms with E-state index >= 15 is 0 Å². The van der Waals surface area contributed by atoms with Gasteiger partial charge in [0.1, 0.15) is 17.3 Å². The number of phenols is 2. The third-order valence-corrected chi connectivity index (χ3v) is 11.4. The molecule has 1 aromatic rings. The lowest BCUT2D eigenvalue weighted by Gasteiger charge is -2.56. The molecule has 3 nitrogen and oxygen atoms in total. The van der Waals surface area contributed by atoms with Crippen LogP contribution in [0.2, 0.25) is 0 Å². The summed E-state index contributed by atoms with van der Waals surface area (Å²) in [5.74, 6) is 3.08. The number of hydrogen-bond donors (Lipinski definition) is 2. The minimum atomic E-state index is -0.188. The Morgan fingerprint density at radius 1 is 1.07 bits per heavy atom. The van der Waals surface area contributed by atoms with Crippen molar-refractivity contribution in [2.24, 2.45) is 17.3 Å². The molecule has 0 aromatic heterocycles. The minimum Gasteiger partial charge on any atom is -0.508 e. The SMILES string of the molecule is CCCCCCC1(c2cc(O)c([C@@H]3CC(C)C4(C)CC3C4=O)c(O)c2)SCCS1. The van der Waals surface area contributed by atoms with Crippen molar-refractivity contribution in [3.63, 3.8) is 0 Å². The second-order valence-electron chi connectivity index (χ2n) is 9.52. The highest BCUT2D eigenvalue weighted by molar-refractivity contribution is 8.20. The van der Waals surface area contributed by atoms with Gasteiger partial charge in [0.05, 0.1) is 4.08 Å². The summed E-state index contributed by atoms with van der Waals surface area (Å²) in [6.45, 7) is 6.44. The van der Waals surface area contributed by atoms with E-state index in [1.807, 2.05) is 35.7 Å². The van der Waals surface area contributed by atoms with Crippen LogP contribution in [-0.4, -0.2) is 27.5 Å². The van der Waals surface area contributed by atoms with Crippen molar-refractivity contribution < 1.29 is 15.0 Å². The molecule has 1 aliphatic heterocycles. The lowest BCUT2D eigenvalue weighted by atomic mass is 9.45. The zero-order chi connectivity index (χ0) is 20.8. The van der Waals surface area contributed by atoms with Crippen molar-refractivity contribution in [2.45, 2.75) is 75.7 Å². The highest BCUT2D eigenvalue weighted by Gasteiger charge is 2.60. The largest absolute Gasteiger partial charge is 0.508 e. The molecule has 1 aromatic carbocycles. The molecule has 4 aliphatic rings. The van der Waals surface area contributed by atoms with Gasteiger partial charge >= 0.3 is 0 Å². The van der Waals surface area contributed by atoms with Crippen molar-refractivity contribution in [1.82, 2.24) is 0 Å². The molecule has 2 bridgehead atoms. The maximum absolute atomic E-state index is 12.7. The van der Waals surface area contributed by atoms with Crippen LogP contribution < -0.4 is 0 Å². The quantitative estimate of drug-likeness (QED) is 0.485. The highest BCUT2D eigenvalue weighted by Crippen LogP contribution is 2.63. The third-order valence-electron chi connectivity index (χ3n) is 7.78. The van der Waals surface area contributed by atoms with Gasteiger partial charge in [0.25, 0.3) is 0 Å². The Kier molecular flexibility index (Phi) is 5.93. The van der Waals surface area contributed by atoms with Crippen LogP contribution in [0.25, 0.3) is 0 Å². The number of aromatic hydroxyl groups is 2. The van der Waals surface area contributed by atoms with E-state index in [0.29, 0.717) is 11.3 Å². The molecule has 0 radical (unpaired) electrons. The number of Topliss-reactive ketones (excluding diaryl/α,β-unsaturated/α-hetero) is 1. The van der Waals surface area contributed by atoms with E-state index in [-0.39, 0.29) is 38.7 Å². The Morgan fingerprint density at radius 2 is 1.72 bits per heavy atom. The number of benzene rings is 1. The van der Waals surface area contributed by atoms with Crippen LogP contribution in [0, 0.1) is 17.3 Å². The van der Waals surface area contributed by atoms with Gasteiger partial charge in [-0.3, -0.25) is 4.79 Å². The molecule has 160 valence electrons. The fraction of sp³-hybridized carbons (Fsp3) is 0.708. The molecule has 29 heavy (non-hydrogen) atoms. The molecule has 3 saturated carbocycles. The first-order valence-corrected chi connectivity index (χ1v) is 13.2. The van der Waals surface area contributed by atoms with Gasteiger partial charge in [0, 0.05) is 34.3 Å². The monoisotopic (exact) mass is 434 g/mol. The lowest BCUT2D eigenvalue weighted by molar-refractivity contribution is -0.158. The van der Waals surface area contributed by atoms with Crippen LogP contribution in [0.1, 0.15) is 82.8 Å². The molecule has 1 heterocycles. The van der Waals surface area contributed by atoms with E-state index in [0.717, 1.165) is 36.3 Å². The number of thioether (sulfide) groups is 2. The number of rotatable bonds is 7. The molecule has 5 rings (SSSR count). The zero-order valence-corrected chi connectivity index (χ0v) is 19.5. The van der Waals surface area contributed by atoms with E-state index < -0.39 is 0 Å². The molecule has 2 N–H and O–H groups in total. The lowest BCUT2D eigenvalue weighted by Crippen LogP contribution is -2.57. The number of carbonyl (C=O) groups is 1. The van der Waals surface area contributed by atoms with E-state index in [1.165, 1.54) is 25.7 Å². The maximum atomic E-state index is 12.7. The Hall–Kier alpha value is -0.810. The van der Waals surface area contributed by atoms with Gasteiger partial charge in [0.2, 0.25) is 0 Å². The van der Waals surface area contributed by atoms with Crippen LogP contribution >= 0.6 is 23.5 Å². The summed E-state index contributed by atoms with van der Waals surface area (Å²) < 4.78 is -0.0635. The van der Waals surface area contributed by atoms with Gasteiger partial charge in [0.15, 0.2) is 0 Å².